The molecule has 7 heteroatoms. The van der Waals surface area contributed by atoms with E-state index in [9.17, 15) is 22.8 Å². The average molecular weight is 261 g/mol. The van der Waals surface area contributed by atoms with Crippen LogP contribution in [-0.4, -0.2) is 23.2 Å². The Kier molecular flexibility index (Phi) is 4.30. The minimum atomic E-state index is -4.90. The highest BCUT2D eigenvalue weighted by atomic mass is 19.4. The Labute approximate surface area is 100 Å². The van der Waals surface area contributed by atoms with Crippen LogP contribution in [0.5, 0.6) is 0 Å². The van der Waals surface area contributed by atoms with Crippen molar-refractivity contribution >= 4 is 11.9 Å². The third-order valence-corrected chi connectivity index (χ3v) is 2.09. The smallest absolute Gasteiger partial charge is 0.471 e. The first-order valence-electron chi connectivity index (χ1n) is 4.93. The third kappa shape index (κ3) is 4.44. The molecule has 0 fully saturated rings. The molecular weight excluding hydrogens is 251 g/mol. The number of hydrogen-bond donors (Lipinski definition) is 2. The van der Waals surface area contributed by atoms with Crippen LogP contribution in [0.25, 0.3) is 0 Å². The number of carbonyl (C=O) groups is 2. The minimum Gasteiger partial charge on any atom is -0.481 e. The molecule has 0 bridgehead atoms. The van der Waals surface area contributed by atoms with Crippen molar-refractivity contribution in [3.8, 4) is 0 Å². The van der Waals surface area contributed by atoms with Gasteiger partial charge in [0.05, 0.1) is 6.42 Å². The number of carboxylic acid groups (broad SMARTS) is 1. The van der Waals surface area contributed by atoms with Gasteiger partial charge < -0.3 is 10.4 Å². The van der Waals surface area contributed by atoms with Crippen LogP contribution in [0.15, 0.2) is 24.3 Å². The fraction of sp³-hybridized carbons (Fsp3) is 0.273. The zero-order valence-corrected chi connectivity index (χ0v) is 9.12. The lowest BCUT2D eigenvalue weighted by molar-refractivity contribution is -0.173. The summed E-state index contributed by atoms with van der Waals surface area (Å²) in [5.41, 5.74) is 0.995. The summed E-state index contributed by atoms with van der Waals surface area (Å²) in [6.45, 7) is -0.258. The maximum atomic E-state index is 11.9. The van der Waals surface area contributed by atoms with Crippen LogP contribution >= 0.6 is 0 Å². The molecular formula is C11H10F3NO3. The van der Waals surface area contributed by atoms with Gasteiger partial charge in [0.1, 0.15) is 0 Å². The zero-order chi connectivity index (χ0) is 13.8. The highest BCUT2D eigenvalue weighted by Crippen LogP contribution is 2.14. The number of benzene rings is 1. The largest absolute Gasteiger partial charge is 0.481 e. The van der Waals surface area contributed by atoms with Gasteiger partial charge in [0, 0.05) is 6.54 Å². The summed E-state index contributed by atoms with van der Waals surface area (Å²) < 4.78 is 35.6. The Balaban J connectivity index is 2.54. The van der Waals surface area contributed by atoms with E-state index in [4.69, 9.17) is 5.11 Å². The number of halogens is 3. The molecule has 0 spiro atoms. The van der Waals surface area contributed by atoms with E-state index in [1.807, 2.05) is 0 Å². The Hall–Kier alpha value is -2.05. The summed E-state index contributed by atoms with van der Waals surface area (Å²) in [5, 5.41) is 10.2. The monoisotopic (exact) mass is 261 g/mol. The van der Waals surface area contributed by atoms with Gasteiger partial charge in [-0.05, 0) is 11.1 Å². The summed E-state index contributed by atoms with van der Waals surface area (Å²) in [4.78, 5) is 20.9. The fourth-order valence-electron chi connectivity index (χ4n) is 1.23. The predicted molar refractivity (Wildman–Crippen MR) is 55.7 cm³/mol. The van der Waals surface area contributed by atoms with Gasteiger partial charge in [0.25, 0.3) is 0 Å². The quantitative estimate of drug-likeness (QED) is 0.863. The van der Waals surface area contributed by atoms with Crippen LogP contribution in [0.2, 0.25) is 0 Å². The van der Waals surface area contributed by atoms with Crippen LogP contribution in [-0.2, 0) is 22.6 Å². The van der Waals surface area contributed by atoms with E-state index >= 15 is 0 Å². The van der Waals surface area contributed by atoms with Crippen molar-refractivity contribution in [2.45, 2.75) is 19.1 Å². The molecule has 1 rings (SSSR count). The first-order valence-corrected chi connectivity index (χ1v) is 4.93. The molecule has 1 aromatic carbocycles. The standard InChI is InChI=1S/C11H10F3NO3/c12-11(13,14)10(18)15-6-8-3-1-7(2-4-8)5-9(16)17/h1-4H,5-6H2,(H,15,18)(H,16,17). The molecule has 0 aliphatic heterocycles. The Bertz CT molecular complexity index is 440. The second kappa shape index (κ2) is 5.52. The van der Waals surface area contributed by atoms with Gasteiger partial charge in [0.15, 0.2) is 0 Å². The number of aliphatic carboxylic acids is 1. The molecule has 0 heterocycles. The predicted octanol–water partition coefficient (Wildman–Crippen LogP) is 1.49. The van der Waals surface area contributed by atoms with Gasteiger partial charge in [-0.25, -0.2) is 0 Å². The Morgan fingerprint density at radius 1 is 1.11 bits per heavy atom. The van der Waals surface area contributed by atoms with Gasteiger partial charge in [-0.1, -0.05) is 24.3 Å². The van der Waals surface area contributed by atoms with E-state index in [1.165, 1.54) is 24.3 Å². The van der Waals surface area contributed by atoms with Gasteiger partial charge in [0.2, 0.25) is 0 Å². The highest BCUT2D eigenvalue weighted by Gasteiger charge is 2.38. The Morgan fingerprint density at radius 3 is 2.06 bits per heavy atom. The second-order valence-electron chi connectivity index (χ2n) is 3.57. The number of carbonyl (C=O) groups excluding carboxylic acids is 1. The minimum absolute atomic E-state index is 0.158. The van der Waals surface area contributed by atoms with Crippen molar-refractivity contribution < 1.29 is 27.9 Å². The van der Waals surface area contributed by atoms with E-state index in [0.717, 1.165) is 0 Å². The topological polar surface area (TPSA) is 66.4 Å². The molecule has 98 valence electrons. The summed E-state index contributed by atoms with van der Waals surface area (Å²) >= 11 is 0. The number of alkyl halides is 3. The molecule has 2 N–H and O–H groups in total. The molecule has 0 atom stereocenters. The maximum Gasteiger partial charge on any atom is 0.471 e. The summed E-state index contributed by atoms with van der Waals surface area (Å²) in [7, 11) is 0. The van der Waals surface area contributed by atoms with E-state index in [0.29, 0.717) is 11.1 Å². The molecule has 18 heavy (non-hydrogen) atoms. The summed E-state index contributed by atoms with van der Waals surface area (Å²) in [6.07, 6.45) is -5.06. The zero-order valence-electron chi connectivity index (χ0n) is 9.12. The molecule has 0 radical (unpaired) electrons. The normalized spacial score (nSPS) is 11.1. The van der Waals surface area contributed by atoms with Crippen LogP contribution < -0.4 is 5.32 Å². The number of nitrogens with one attached hydrogen (secondary N) is 1. The van der Waals surface area contributed by atoms with Crippen molar-refractivity contribution in [2.75, 3.05) is 0 Å². The van der Waals surface area contributed by atoms with Crippen LogP contribution in [0.4, 0.5) is 13.2 Å². The molecule has 0 aliphatic carbocycles. The van der Waals surface area contributed by atoms with Gasteiger partial charge in [-0.15, -0.1) is 0 Å². The molecule has 1 aromatic rings. The lowest BCUT2D eigenvalue weighted by atomic mass is 10.1. The third-order valence-electron chi connectivity index (χ3n) is 2.09. The second-order valence-corrected chi connectivity index (χ2v) is 3.57. The lowest BCUT2D eigenvalue weighted by Gasteiger charge is -2.08. The van der Waals surface area contributed by atoms with E-state index in [-0.39, 0.29) is 13.0 Å². The van der Waals surface area contributed by atoms with Crippen molar-refractivity contribution in [2.24, 2.45) is 0 Å². The van der Waals surface area contributed by atoms with Crippen molar-refractivity contribution in [1.29, 1.82) is 0 Å². The molecule has 0 aromatic heterocycles. The fourth-order valence-corrected chi connectivity index (χ4v) is 1.23. The lowest BCUT2D eigenvalue weighted by Crippen LogP contribution is -2.36. The van der Waals surface area contributed by atoms with Crippen molar-refractivity contribution in [1.82, 2.24) is 5.32 Å². The van der Waals surface area contributed by atoms with E-state index in [2.05, 4.69) is 0 Å². The average Bonchev–Trinajstić information content (AvgIpc) is 2.25. The van der Waals surface area contributed by atoms with Crippen molar-refractivity contribution in [3.05, 3.63) is 35.4 Å². The van der Waals surface area contributed by atoms with Gasteiger partial charge in [-0.3, -0.25) is 9.59 Å². The number of hydrogen-bond acceptors (Lipinski definition) is 2. The van der Waals surface area contributed by atoms with Crippen LogP contribution in [0.3, 0.4) is 0 Å². The number of amides is 1. The molecule has 0 unspecified atom stereocenters. The van der Waals surface area contributed by atoms with Crippen molar-refractivity contribution in [3.63, 3.8) is 0 Å². The van der Waals surface area contributed by atoms with E-state index in [1.54, 1.807) is 5.32 Å². The van der Waals surface area contributed by atoms with Gasteiger partial charge in [-0.2, -0.15) is 13.2 Å². The number of carboxylic acids is 1. The Morgan fingerprint density at radius 2 is 1.61 bits per heavy atom. The SMILES string of the molecule is O=C(O)Cc1ccc(CNC(=O)C(F)(F)F)cc1. The van der Waals surface area contributed by atoms with Crippen LogP contribution in [0.1, 0.15) is 11.1 Å². The number of rotatable bonds is 4. The molecule has 0 saturated heterocycles. The van der Waals surface area contributed by atoms with E-state index < -0.39 is 18.1 Å². The highest BCUT2D eigenvalue weighted by molar-refractivity contribution is 5.81. The van der Waals surface area contributed by atoms with Gasteiger partial charge >= 0.3 is 18.1 Å². The van der Waals surface area contributed by atoms with Crippen LogP contribution in [0, 0.1) is 0 Å². The maximum absolute atomic E-state index is 11.9. The first kappa shape index (κ1) is 14.0. The molecule has 0 saturated carbocycles. The molecule has 0 aliphatic rings. The summed E-state index contributed by atoms with van der Waals surface area (Å²) in [6, 6.07) is 5.91. The summed E-state index contributed by atoms with van der Waals surface area (Å²) in [5.74, 6) is -3.00. The first-order chi connectivity index (χ1) is 8.29. The molecule has 1 amide bonds. The molecule has 4 nitrogen and oxygen atoms in total.